The van der Waals surface area contributed by atoms with Crippen molar-refractivity contribution in [2.45, 2.75) is 19.9 Å². The summed E-state index contributed by atoms with van der Waals surface area (Å²) in [6.45, 7) is 4.19. The minimum atomic E-state index is 0.0186. The van der Waals surface area contributed by atoms with E-state index < -0.39 is 0 Å². The number of nitriles is 1. The number of hydrogen-bond donors (Lipinski definition) is 1. The molecule has 24 heavy (non-hydrogen) atoms. The summed E-state index contributed by atoms with van der Waals surface area (Å²) in [5, 5.41) is 12.2. The molecule has 0 radical (unpaired) electrons. The van der Waals surface area contributed by atoms with Gasteiger partial charge in [-0.05, 0) is 65.7 Å². The van der Waals surface area contributed by atoms with E-state index in [1.807, 2.05) is 25.1 Å². The number of nitrogens with one attached hydrogen (secondary N) is 1. The predicted octanol–water partition coefficient (Wildman–Crippen LogP) is 3.92. The molecular weight excluding hydrogens is 415 g/mol. The zero-order valence-corrected chi connectivity index (χ0v) is 15.9. The molecule has 0 aromatic heterocycles. The minimum Gasteiger partial charge on any atom is -0.490 e. The van der Waals surface area contributed by atoms with Gasteiger partial charge >= 0.3 is 0 Å². The quantitative estimate of drug-likeness (QED) is 0.478. The summed E-state index contributed by atoms with van der Waals surface area (Å²) in [5.41, 5.74) is 2.47. The van der Waals surface area contributed by atoms with Crippen molar-refractivity contribution in [1.29, 1.82) is 5.26 Å². The van der Waals surface area contributed by atoms with Crippen LogP contribution in [-0.4, -0.2) is 19.8 Å². The number of hydrogen-bond acceptors (Lipinski definition) is 4. The second-order valence-corrected chi connectivity index (χ2v) is 6.36. The molecule has 0 unspecified atom stereocenters. The summed E-state index contributed by atoms with van der Waals surface area (Å²) in [6.07, 6.45) is 1.000. The first kappa shape index (κ1) is 18.6. The van der Waals surface area contributed by atoms with E-state index in [1.54, 1.807) is 0 Å². The molecule has 0 bridgehead atoms. The van der Waals surface area contributed by atoms with Crippen molar-refractivity contribution in [2.24, 2.45) is 0 Å². The van der Waals surface area contributed by atoms with Crippen LogP contribution in [-0.2, 0) is 13.0 Å². The molecule has 0 aliphatic rings. The number of halogens is 1. The van der Waals surface area contributed by atoms with Gasteiger partial charge in [0.05, 0.1) is 10.2 Å². The smallest absolute Gasteiger partial charge is 0.176 e. The third-order valence-corrected chi connectivity index (χ3v) is 4.21. The van der Waals surface area contributed by atoms with Crippen molar-refractivity contribution in [3.8, 4) is 17.6 Å². The standard InChI is InChI=1S/C19H21IN2O2/c1-2-23-18-13-16(12-17(20)19(18)24-11-9-21)14-22-10-8-15-6-4-3-5-7-15/h3-7,12-13,22H,2,8,10-11,14H2,1H3. The molecule has 0 saturated heterocycles. The van der Waals surface area contributed by atoms with Crippen molar-refractivity contribution < 1.29 is 9.47 Å². The molecule has 2 aromatic rings. The van der Waals surface area contributed by atoms with E-state index in [2.05, 4.69) is 58.2 Å². The third kappa shape index (κ3) is 5.69. The lowest BCUT2D eigenvalue weighted by Crippen LogP contribution is -2.17. The van der Waals surface area contributed by atoms with Crippen molar-refractivity contribution in [3.05, 3.63) is 57.2 Å². The fourth-order valence-corrected chi connectivity index (χ4v) is 3.16. The first-order valence-electron chi connectivity index (χ1n) is 7.94. The number of rotatable bonds is 9. The number of benzene rings is 2. The molecule has 0 atom stereocenters. The maximum absolute atomic E-state index is 8.70. The van der Waals surface area contributed by atoms with Crippen LogP contribution in [0.4, 0.5) is 0 Å². The average Bonchev–Trinajstić information content (AvgIpc) is 2.59. The maximum Gasteiger partial charge on any atom is 0.176 e. The fraction of sp³-hybridized carbons (Fsp3) is 0.316. The lowest BCUT2D eigenvalue weighted by atomic mass is 10.1. The topological polar surface area (TPSA) is 54.3 Å². The van der Waals surface area contributed by atoms with E-state index in [0.717, 1.165) is 28.6 Å². The second-order valence-electron chi connectivity index (χ2n) is 5.20. The highest BCUT2D eigenvalue weighted by atomic mass is 127. The molecular formula is C19H21IN2O2. The molecule has 4 nitrogen and oxygen atoms in total. The van der Waals surface area contributed by atoms with Gasteiger partial charge in [0.2, 0.25) is 0 Å². The highest BCUT2D eigenvalue weighted by Crippen LogP contribution is 2.34. The van der Waals surface area contributed by atoms with E-state index >= 15 is 0 Å². The van der Waals surface area contributed by atoms with Gasteiger partial charge in [-0.25, -0.2) is 0 Å². The van der Waals surface area contributed by atoms with Crippen LogP contribution in [0.3, 0.4) is 0 Å². The Balaban J connectivity index is 1.96. The zero-order valence-electron chi connectivity index (χ0n) is 13.7. The van der Waals surface area contributed by atoms with Crippen molar-refractivity contribution >= 4 is 22.6 Å². The van der Waals surface area contributed by atoms with Crippen LogP contribution in [0.1, 0.15) is 18.1 Å². The summed E-state index contributed by atoms with van der Waals surface area (Å²) in [4.78, 5) is 0. The average molecular weight is 436 g/mol. The molecule has 2 aromatic carbocycles. The molecule has 0 aliphatic heterocycles. The van der Waals surface area contributed by atoms with Crippen molar-refractivity contribution in [2.75, 3.05) is 19.8 Å². The van der Waals surface area contributed by atoms with Crippen molar-refractivity contribution in [3.63, 3.8) is 0 Å². The fourth-order valence-electron chi connectivity index (χ4n) is 2.34. The van der Waals surface area contributed by atoms with Crippen molar-refractivity contribution in [1.82, 2.24) is 5.32 Å². The van der Waals surface area contributed by atoms with E-state index in [1.165, 1.54) is 5.56 Å². The highest BCUT2D eigenvalue weighted by Gasteiger charge is 2.12. The van der Waals surface area contributed by atoms with Crippen LogP contribution >= 0.6 is 22.6 Å². The summed E-state index contributed by atoms with van der Waals surface area (Å²) in [5.74, 6) is 1.34. The summed E-state index contributed by atoms with van der Waals surface area (Å²) in [6, 6.07) is 16.5. The molecule has 0 fully saturated rings. The number of nitrogens with zero attached hydrogens (tertiary/aromatic N) is 1. The molecule has 0 heterocycles. The zero-order chi connectivity index (χ0) is 17.2. The van der Waals surface area contributed by atoms with E-state index in [4.69, 9.17) is 14.7 Å². The lowest BCUT2D eigenvalue weighted by molar-refractivity contribution is 0.296. The Morgan fingerprint density at radius 1 is 1.12 bits per heavy atom. The highest BCUT2D eigenvalue weighted by molar-refractivity contribution is 14.1. The maximum atomic E-state index is 8.70. The van der Waals surface area contributed by atoms with Gasteiger partial charge in [-0.2, -0.15) is 5.26 Å². The SMILES string of the molecule is CCOc1cc(CNCCc2ccccc2)cc(I)c1OCC#N. The first-order valence-corrected chi connectivity index (χ1v) is 9.02. The molecule has 0 aliphatic carbocycles. The van der Waals surface area contributed by atoms with Gasteiger partial charge in [-0.15, -0.1) is 0 Å². The lowest BCUT2D eigenvalue weighted by Gasteiger charge is -2.14. The molecule has 5 heteroatoms. The summed E-state index contributed by atoms with van der Waals surface area (Å²) < 4.78 is 12.1. The molecule has 126 valence electrons. The van der Waals surface area contributed by atoms with Gasteiger partial charge in [0, 0.05) is 6.54 Å². The van der Waals surface area contributed by atoms with Crippen LogP contribution < -0.4 is 14.8 Å². The Morgan fingerprint density at radius 3 is 2.62 bits per heavy atom. The molecule has 2 rings (SSSR count). The first-order chi connectivity index (χ1) is 11.7. The normalized spacial score (nSPS) is 10.2. The Morgan fingerprint density at radius 2 is 1.92 bits per heavy atom. The monoisotopic (exact) mass is 436 g/mol. The Bertz CT molecular complexity index is 684. The third-order valence-electron chi connectivity index (χ3n) is 3.41. The molecule has 0 saturated carbocycles. The van der Waals surface area contributed by atoms with Crippen LogP contribution in [0.2, 0.25) is 0 Å². The van der Waals surface area contributed by atoms with E-state index in [9.17, 15) is 0 Å². The van der Waals surface area contributed by atoms with Crippen LogP contribution in [0.25, 0.3) is 0 Å². The largest absolute Gasteiger partial charge is 0.490 e. The van der Waals surface area contributed by atoms with Gasteiger partial charge in [-0.3, -0.25) is 0 Å². The van der Waals surface area contributed by atoms with Gasteiger partial charge in [0.25, 0.3) is 0 Å². The van der Waals surface area contributed by atoms with E-state index in [-0.39, 0.29) is 6.61 Å². The molecule has 1 N–H and O–H groups in total. The molecule has 0 spiro atoms. The molecule has 0 amide bonds. The summed E-state index contributed by atoms with van der Waals surface area (Å²) in [7, 11) is 0. The van der Waals surface area contributed by atoms with E-state index in [0.29, 0.717) is 18.1 Å². The summed E-state index contributed by atoms with van der Waals surface area (Å²) >= 11 is 2.22. The van der Waals surface area contributed by atoms with Crippen LogP contribution in [0.15, 0.2) is 42.5 Å². The second kappa shape index (κ2) is 10.2. The Labute approximate surface area is 156 Å². The van der Waals surface area contributed by atoms with Gasteiger partial charge in [-0.1, -0.05) is 30.3 Å². The Kier molecular flexibility index (Phi) is 7.86. The number of ether oxygens (including phenoxy) is 2. The van der Waals surface area contributed by atoms with Gasteiger partial charge < -0.3 is 14.8 Å². The van der Waals surface area contributed by atoms with Gasteiger partial charge in [0.15, 0.2) is 18.1 Å². The predicted molar refractivity (Wildman–Crippen MR) is 103 cm³/mol. The minimum absolute atomic E-state index is 0.0186. The van der Waals surface area contributed by atoms with Crippen LogP contribution in [0, 0.1) is 14.9 Å². The van der Waals surface area contributed by atoms with Crippen LogP contribution in [0.5, 0.6) is 11.5 Å². The van der Waals surface area contributed by atoms with Gasteiger partial charge in [0.1, 0.15) is 6.07 Å². The Hall–Kier alpha value is -1.78.